The first-order valence-electron chi connectivity index (χ1n) is 14.5. The Bertz CT molecular complexity index is 1180. The highest BCUT2D eigenvalue weighted by Gasteiger charge is 2.52. The maximum absolute atomic E-state index is 13.1. The standard InChI is InChI=1S/C32H40O10/c1-5-13-25(33)40-28-21(4)38-32(30(42-27(35)15-7-3)29(28)41-26(34)14-6-2)39-24-19-12-11-18-23(24)31(36)37-20-22-16-9-8-10-17-22/h8-12,16-19,21,28-30,32H,5-7,13-15,20H2,1-4H3/t21-,28-,29+,30+,32+/m0/s1. The van der Waals surface area contributed by atoms with Crippen molar-refractivity contribution < 1.29 is 47.6 Å². The fourth-order valence-corrected chi connectivity index (χ4v) is 4.40. The van der Waals surface area contributed by atoms with Crippen LogP contribution in [-0.2, 0) is 44.7 Å². The summed E-state index contributed by atoms with van der Waals surface area (Å²) < 4.78 is 35.0. The zero-order valence-corrected chi connectivity index (χ0v) is 24.6. The third-order valence-electron chi connectivity index (χ3n) is 6.46. The van der Waals surface area contributed by atoms with E-state index in [1.54, 1.807) is 31.2 Å². The second kappa shape index (κ2) is 16.5. The Morgan fingerprint density at radius 3 is 1.81 bits per heavy atom. The van der Waals surface area contributed by atoms with Crippen LogP contribution in [-0.4, -0.2) is 54.6 Å². The van der Waals surface area contributed by atoms with E-state index in [0.29, 0.717) is 19.3 Å². The molecule has 0 unspecified atom stereocenters. The van der Waals surface area contributed by atoms with Crippen molar-refractivity contribution in [1.29, 1.82) is 0 Å². The van der Waals surface area contributed by atoms with E-state index in [-0.39, 0.29) is 37.2 Å². The lowest BCUT2D eigenvalue weighted by atomic mass is 9.98. The second-order valence-corrected chi connectivity index (χ2v) is 10.00. The number of para-hydroxylation sites is 1. The molecular weight excluding hydrogens is 544 g/mol. The van der Waals surface area contributed by atoms with Crippen LogP contribution in [0.4, 0.5) is 0 Å². The number of carbonyl (C=O) groups excluding carboxylic acids is 4. The third kappa shape index (κ3) is 9.30. The highest BCUT2D eigenvalue weighted by molar-refractivity contribution is 5.92. The van der Waals surface area contributed by atoms with Crippen LogP contribution in [0.15, 0.2) is 54.6 Å². The number of benzene rings is 2. The van der Waals surface area contributed by atoms with Gasteiger partial charge in [-0.1, -0.05) is 63.2 Å². The van der Waals surface area contributed by atoms with Crippen molar-refractivity contribution in [1.82, 2.24) is 0 Å². The van der Waals surface area contributed by atoms with Crippen LogP contribution in [0, 0.1) is 0 Å². The van der Waals surface area contributed by atoms with E-state index in [2.05, 4.69) is 0 Å². The molecule has 2 aromatic carbocycles. The van der Waals surface area contributed by atoms with Gasteiger partial charge in [0.15, 0.2) is 12.2 Å². The summed E-state index contributed by atoms with van der Waals surface area (Å²) in [5, 5.41) is 0. The lowest BCUT2D eigenvalue weighted by Crippen LogP contribution is -2.62. The average molecular weight is 585 g/mol. The Kier molecular flexibility index (Phi) is 12.8. The smallest absolute Gasteiger partial charge is 0.342 e. The minimum atomic E-state index is -1.30. The van der Waals surface area contributed by atoms with Crippen LogP contribution in [0.2, 0.25) is 0 Å². The van der Waals surface area contributed by atoms with Crippen molar-refractivity contribution in [3.63, 3.8) is 0 Å². The van der Waals surface area contributed by atoms with E-state index in [4.69, 9.17) is 28.4 Å². The second-order valence-electron chi connectivity index (χ2n) is 10.00. The molecule has 0 radical (unpaired) electrons. The first-order chi connectivity index (χ1) is 20.3. The van der Waals surface area contributed by atoms with Crippen molar-refractivity contribution in [2.45, 2.75) is 104 Å². The molecule has 10 nitrogen and oxygen atoms in total. The van der Waals surface area contributed by atoms with Gasteiger partial charge in [-0.3, -0.25) is 14.4 Å². The summed E-state index contributed by atoms with van der Waals surface area (Å²) in [5.74, 6) is -2.13. The molecule has 0 aliphatic carbocycles. The van der Waals surface area contributed by atoms with Crippen LogP contribution < -0.4 is 4.74 Å². The van der Waals surface area contributed by atoms with E-state index in [0.717, 1.165) is 5.56 Å². The maximum Gasteiger partial charge on any atom is 0.342 e. The number of hydrogen-bond acceptors (Lipinski definition) is 10. The summed E-state index contributed by atoms with van der Waals surface area (Å²) >= 11 is 0. The van der Waals surface area contributed by atoms with Crippen molar-refractivity contribution in [3.05, 3.63) is 65.7 Å². The predicted octanol–water partition coefficient (Wildman–Crippen LogP) is 5.30. The van der Waals surface area contributed by atoms with Gasteiger partial charge in [0.25, 0.3) is 0 Å². The van der Waals surface area contributed by atoms with Crippen LogP contribution in [0.5, 0.6) is 5.75 Å². The lowest BCUT2D eigenvalue weighted by molar-refractivity contribution is -0.281. The third-order valence-corrected chi connectivity index (χ3v) is 6.46. The van der Waals surface area contributed by atoms with Gasteiger partial charge in [0.2, 0.25) is 12.4 Å². The topological polar surface area (TPSA) is 124 Å². The van der Waals surface area contributed by atoms with Gasteiger partial charge in [-0.2, -0.15) is 0 Å². The number of rotatable bonds is 14. The Hall–Kier alpha value is -3.92. The van der Waals surface area contributed by atoms with E-state index in [1.165, 1.54) is 0 Å². The number of carbonyl (C=O) groups is 4. The molecule has 1 heterocycles. The predicted molar refractivity (Wildman–Crippen MR) is 151 cm³/mol. The summed E-state index contributed by atoms with van der Waals surface area (Å²) in [5.41, 5.74) is 0.941. The van der Waals surface area contributed by atoms with E-state index < -0.39 is 54.6 Å². The molecule has 0 aromatic heterocycles. The molecule has 0 bridgehead atoms. The Morgan fingerprint density at radius 2 is 1.21 bits per heavy atom. The van der Waals surface area contributed by atoms with Gasteiger partial charge in [-0.25, -0.2) is 4.79 Å². The van der Waals surface area contributed by atoms with Crippen molar-refractivity contribution in [3.8, 4) is 5.75 Å². The SMILES string of the molecule is CCCC(=O)O[C@@H]1[C@@H](OC(=O)CCC)[C@H](C)O[C@H](Oc2ccccc2C(=O)OCc2ccccc2)[C@@H]1OC(=O)CCC. The molecule has 0 spiro atoms. The van der Waals surface area contributed by atoms with Crippen LogP contribution >= 0.6 is 0 Å². The van der Waals surface area contributed by atoms with Crippen LogP contribution in [0.3, 0.4) is 0 Å². The normalized spacial score (nSPS) is 21.6. The number of hydrogen-bond donors (Lipinski definition) is 0. The Labute approximate surface area is 246 Å². The van der Waals surface area contributed by atoms with Gasteiger partial charge in [-0.15, -0.1) is 0 Å². The minimum absolute atomic E-state index is 0.0580. The highest BCUT2D eigenvalue weighted by Crippen LogP contribution is 2.32. The van der Waals surface area contributed by atoms with Gasteiger partial charge in [0.1, 0.15) is 17.9 Å². The van der Waals surface area contributed by atoms with Crippen molar-refractivity contribution in [2.75, 3.05) is 0 Å². The van der Waals surface area contributed by atoms with E-state index in [9.17, 15) is 19.2 Å². The van der Waals surface area contributed by atoms with Crippen LogP contribution in [0.1, 0.15) is 82.1 Å². The Morgan fingerprint density at radius 1 is 0.690 bits per heavy atom. The quantitative estimate of drug-likeness (QED) is 0.213. The summed E-state index contributed by atoms with van der Waals surface area (Å²) in [6, 6.07) is 15.7. The number of esters is 4. The molecule has 1 aliphatic heterocycles. The summed E-state index contributed by atoms with van der Waals surface area (Å²) in [4.78, 5) is 50.9. The Balaban J connectivity index is 1.92. The van der Waals surface area contributed by atoms with Gasteiger partial charge in [-0.05, 0) is 43.9 Å². The first kappa shape index (κ1) is 32.6. The number of ether oxygens (including phenoxy) is 6. The minimum Gasteiger partial charge on any atom is -0.460 e. The van der Waals surface area contributed by atoms with Crippen molar-refractivity contribution in [2.24, 2.45) is 0 Å². The zero-order valence-electron chi connectivity index (χ0n) is 24.6. The maximum atomic E-state index is 13.1. The van der Waals surface area contributed by atoms with Gasteiger partial charge >= 0.3 is 23.9 Å². The fraction of sp³-hybridized carbons (Fsp3) is 0.500. The molecule has 1 fully saturated rings. The summed E-state index contributed by atoms with van der Waals surface area (Å²) in [6.45, 7) is 7.18. The summed E-state index contributed by atoms with van der Waals surface area (Å²) in [6.07, 6.45) is -3.74. The first-order valence-corrected chi connectivity index (χ1v) is 14.5. The lowest BCUT2D eigenvalue weighted by Gasteiger charge is -2.43. The molecule has 0 saturated carbocycles. The molecule has 2 aromatic rings. The van der Waals surface area contributed by atoms with Gasteiger partial charge < -0.3 is 28.4 Å². The van der Waals surface area contributed by atoms with E-state index >= 15 is 0 Å². The monoisotopic (exact) mass is 584 g/mol. The van der Waals surface area contributed by atoms with Gasteiger partial charge in [0.05, 0.1) is 6.10 Å². The van der Waals surface area contributed by atoms with Crippen LogP contribution in [0.25, 0.3) is 0 Å². The molecule has 3 rings (SSSR count). The molecule has 42 heavy (non-hydrogen) atoms. The van der Waals surface area contributed by atoms with Gasteiger partial charge in [0, 0.05) is 19.3 Å². The van der Waals surface area contributed by atoms with E-state index in [1.807, 2.05) is 51.1 Å². The molecule has 5 atom stereocenters. The molecule has 0 N–H and O–H groups in total. The molecule has 10 heteroatoms. The molecular formula is C32H40O10. The highest BCUT2D eigenvalue weighted by atomic mass is 16.7. The zero-order chi connectivity index (χ0) is 30.5. The molecule has 0 amide bonds. The molecule has 1 saturated heterocycles. The summed E-state index contributed by atoms with van der Waals surface area (Å²) in [7, 11) is 0. The average Bonchev–Trinajstić information content (AvgIpc) is 2.97. The molecule has 1 aliphatic rings. The fourth-order valence-electron chi connectivity index (χ4n) is 4.40. The largest absolute Gasteiger partial charge is 0.460 e. The van der Waals surface area contributed by atoms with Crippen molar-refractivity contribution >= 4 is 23.9 Å². The molecule has 228 valence electrons.